The number of methoxy groups -OCH3 is 2. The summed E-state index contributed by atoms with van der Waals surface area (Å²) in [7, 11) is 3.28. The quantitative estimate of drug-likeness (QED) is 0.615. The SMILES string of the molecule is COc1ccc(C(NC(=O)CN2CCOc3ccccc3C2)c2ccc(OC)cc2)cc1. The Labute approximate surface area is 188 Å². The maximum Gasteiger partial charge on any atom is 0.234 e. The van der Waals surface area contributed by atoms with Gasteiger partial charge in [0.15, 0.2) is 0 Å². The van der Waals surface area contributed by atoms with E-state index in [1.807, 2.05) is 72.8 Å². The van der Waals surface area contributed by atoms with Crippen LogP contribution in [0.3, 0.4) is 0 Å². The van der Waals surface area contributed by atoms with Gasteiger partial charge in [-0.05, 0) is 41.5 Å². The first-order valence-corrected chi connectivity index (χ1v) is 10.7. The van der Waals surface area contributed by atoms with E-state index >= 15 is 0 Å². The van der Waals surface area contributed by atoms with Crippen LogP contribution < -0.4 is 19.5 Å². The van der Waals surface area contributed by atoms with E-state index in [1.165, 1.54) is 0 Å². The van der Waals surface area contributed by atoms with Crippen LogP contribution in [-0.2, 0) is 11.3 Å². The second-order valence-electron chi connectivity index (χ2n) is 7.71. The number of carbonyl (C=O) groups excluding carboxylic acids is 1. The Balaban J connectivity index is 1.51. The van der Waals surface area contributed by atoms with Gasteiger partial charge in [-0.25, -0.2) is 0 Å². The van der Waals surface area contributed by atoms with Gasteiger partial charge in [-0.2, -0.15) is 0 Å². The molecule has 0 atom stereocenters. The Kier molecular flexibility index (Phi) is 6.92. The summed E-state index contributed by atoms with van der Waals surface area (Å²) in [6, 6.07) is 23.2. The van der Waals surface area contributed by atoms with Crippen molar-refractivity contribution >= 4 is 5.91 Å². The summed E-state index contributed by atoms with van der Waals surface area (Å²) in [6.45, 7) is 2.22. The first-order valence-electron chi connectivity index (χ1n) is 10.7. The predicted molar refractivity (Wildman–Crippen MR) is 123 cm³/mol. The molecule has 0 fully saturated rings. The van der Waals surface area contributed by atoms with Crippen LogP contribution in [0.25, 0.3) is 0 Å². The smallest absolute Gasteiger partial charge is 0.234 e. The fourth-order valence-corrected chi connectivity index (χ4v) is 3.88. The van der Waals surface area contributed by atoms with Crippen LogP contribution in [0.1, 0.15) is 22.7 Å². The number of nitrogens with zero attached hydrogens (tertiary/aromatic N) is 1. The molecule has 3 aromatic carbocycles. The number of ether oxygens (including phenoxy) is 3. The molecule has 32 heavy (non-hydrogen) atoms. The molecule has 4 rings (SSSR count). The average molecular weight is 433 g/mol. The topological polar surface area (TPSA) is 60.0 Å². The van der Waals surface area contributed by atoms with Crippen LogP contribution in [0, 0.1) is 0 Å². The van der Waals surface area contributed by atoms with Crippen LogP contribution in [0.2, 0.25) is 0 Å². The van der Waals surface area contributed by atoms with Crippen molar-refractivity contribution in [2.45, 2.75) is 12.6 Å². The zero-order chi connectivity index (χ0) is 22.3. The summed E-state index contributed by atoms with van der Waals surface area (Å²) in [4.78, 5) is 15.2. The van der Waals surface area contributed by atoms with E-state index in [2.05, 4.69) is 10.2 Å². The molecule has 0 saturated heterocycles. The Hall–Kier alpha value is -3.51. The highest BCUT2D eigenvalue weighted by atomic mass is 16.5. The van der Waals surface area contributed by atoms with E-state index in [9.17, 15) is 4.79 Å². The summed E-state index contributed by atoms with van der Waals surface area (Å²) in [5.41, 5.74) is 3.06. The molecule has 0 aliphatic carbocycles. The van der Waals surface area contributed by atoms with E-state index in [-0.39, 0.29) is 11.9 Å². The van der Waals surface area contributed by atoms with E-state index in [0.29, 0.717) is 26.2 Å². The van der Waals surface area contributed by atoms with Crippen LogP contribution >= 0.6 is 0 Å². The molecule has 1 aliphatic heterocycles. The molecule has 0 spiro atoms. The largest absolute Gasteiger partial charge is 0.497 e. The van der Waals surface area contributed by atoms with Gasteiger partial charge in [-0.1, -0.05) is 42.5 Å². The van der Waals surface area contributed by atoms with Gasteiger partial charge < -0.3 is 19.5 Å². The molecule has 6 heteroatoms. The lowest BCUT2D eigenvalue weighted by Crippen LogP contribution is -2.39. The number of benzene rings is 3. The molecular weight excluding hydrogens is 404 g/mol. The van der Waals surface area contributed by atoms with E-state index in [1.54, 1.807) is 14.2 Å². The molecule has 0 saturated carbocycles. The maximum absolute atomic E-state index is 13.1. The molecule has 0 bridgehead atoms. The highest BCUT2D eigenvalue weighted by molar-refractivity contribution is 5.79. The first-order chi connectivity index (χ1) is 15.7. The van der Waals surface area contributed by atoms with Crippen molar-refractivity contribution in [3.8, 4) is 17.2 Å². The number of nitrogens with one attached hydrogen (secondary N) is 1. The van der Waals surface area contributed by atoms with Crippen molar-refractivity contribution in [1.82, 2.24) is 10.2 Å². The van der Waals surface area contributed by atoms with E-state index in [0.717, 1.165) is 33.9 Å². The molecule has 6 nitrogen and oxygen atoms in total. The van der Waals surface area contributed by atoms with Crippen molar-refractivity contribution < 1.29 is 19.0 Å². The zero-order valence-electron chi connectivity index (χ0n) is 18.4. The molecule has 3 aromatic rings. The fraction of sp³-hybridized carbons (Fsp3) is 0.269. The van der Waals surface area contributed by atoms with Gasteiger partial charge >= 0.3 is 0 Å². The normalized spacial score (nSPS) is 13.6. The van der Waals surface area contributed by atoms with Crippen molar-refractivity contribution in [2.75, 3.05) is 33.9 Å². The average Bonchev–Trinajstić information content (AvgIpc) is 3.04. The van der Waals surface area contributed by atoms with Gasteiger partial charge in [0.2, 0.25) is 5.91 Å². The molecule has 166 valence electrons. The standard InChI is InChI=1S/C26H28N2O4/c1-30-22-11-7-19(8-12-22)26(20-9-13-23(31-2)14-10-20)27-25(29)18-28-15-16-32-24-6-4-3-5-21(24)17-28/h3-14,26H,15-18H2,1-2H3,(H,27,29). The lowest BCUT2D eigenvalue weighted by molar-refractivity contribution is -0.122. The Morgan fingerprint density at radius 1 is 0.938 bits per heavy atom. The molecule has 1 heterocycles. The number of rotatable bonds is 7. The lowest BCUT2D eigenvalue weighted by Gasteiger charge is -2.24. The summed E-state index contributed by atoms with van der Waals surface area (Å²) >= 11 is 0. The number of carbonyl (C=O) groups is 1. The first kappa shape index (κ1) is 21.7. The second-order valence-corrected chi connectivity index (χ2v) is 7.71. The van der Waals surface area contributed by atoms with Crippen molar-refractivity contribution in [3.05, 3.63) is 89.5 Å². The lowest BCUT2D eigenvalue weighted by atomic mass is 9.98. The van der Waals surface area contributed by atoms with Crippen molar-refractivity contribution in [1.29, 1.82) is 0 Å². The monoisotopic (exact) mass is 432 g/mol. The minimum Gasteiger partial charge on any atom is -0.497 e. The molecule has 1 N–H and O–H groups in total. The van der Waals surface area contributed by atoms with Gasteiger partial charge in [0.05, 0.1) is 26.8 Å². The van der Waals surface area contributed by atoms with Gasteiger partial charge in [0.1, 0.15) is 23.9 Å². The zero-order valence-corrected chi connectivity index (χ0v) is 18.4. The molecule has 0 unspecified atom stereocenters. The van der Waals surface area contributed by atoms with Gasteiger partial charge in [0, 0.05) is 18.7 Å². The highest BCUT2D eigenvalue weighted by Crippen LogP contribution is 2.26. The third kappa shape index (κ3) is 5.21. The number of hydrogen-bond acceptors (Lipinski definition) is 5. The maximum atomic E-state index is 13.1. The number of fused-ring (bicyclic) bond motifs is 1. The minimum atomic E-state index is -0.283. The number of hydrogen-bond donors (Lipinski definition) is 1. The molecule has 0 aromatic heterocycles. The molecule has 1 amide bonds. The van der Waals surface area contributed by atoms with Gasteiger partial charge in [0.25, 0.3) is 0 Å². The highest BCUT2D eigenvalue weighted by Gasteiger charge is 2.21. The van der Waals surface area contributed by atoms with E-state index < -0.39 is 0 Å². The summed E-state index contributed by atoms with van der Waals surface area (Å²) < 4.78 is 16.4. The van der Waals surface area contributed by atoms with Crippen LogP contribution in [-0.4, -0.2) is 44.7 Å². The fourth-order valence-electron chi connectivity index (χ4n) is 3.88. The molecule has 0 radical (unpaired) electrons. The van der Waals surface area contributed by atoms with Gasteiger partial charge in [-0.15, -0.1) is 0 Å². The second kappa shape index (κ2) is 10.2. The predicted octanol–water partition coefficient (Wildman–Crippen LogP) is 3.80. The van der Waals surface area contributed by atoms with Crippen LogP contribution in [0.5, 0.6) is 17.2 Å². The number of amides is 1. The Bertz CT molecular complexity index is 987. The Morgan fingerprint density at radius 2 is 1.53 bits per heavy atom. The van der Waals surface area contributed by atoms with Crippen molar-refractivity contribution in [2.24, 2.45) is 0 Å². The summed E-state index contributed by atoms with van der Waals surface area (Å²) in [6.07, 6.45) is 0. The van der Waals surface area contributed by atoms with E-state index in [4.69, 9.17) is 14.2 Å². The third-order valence-electron chi connectivity index (χ3n) is 5.60. The van der Waals surface area contributed by atoms with Crippen molar-refractivity contribution in [3.63, 3.8) is 0 Å². The third-order valence-corrected chi connectivity index (χ3v) is 5.60. The summed E-state index contributed by atoms with van der Waals surface area (Å²) in [5.74, 6) is 2.40. The van der Waals surface area contributed by atoms with Crippen LogP contribution in [0.15, 0.2) is 72.8 Å². The Morgan fingerprint density at radius 3 is 2.12 bits per heavy atom. The van der Waals surface area contributed by atoms with Crippen LogP contribution in [0.4, 0.5) is 0 Å². The minimum absolute atomic E-state index is 0.0407. The number of para-hydroxylation sites is 1. The molecule has 1 aliphatic rings. The summed E-state index contributed by atoms with van der Waals surface area (Å²) in [5, 5.41) is 3.21. The molecular formula is C26H28N2O4. The van der Waals surface area contributed by atoms with Gasteiger partial charge in [-0.3, -0.25) is 9.69 Å².